The average molecular weight is 374 g/mol. The van der Waals surface area contributed by atoms with Gasteiger partial charge in [0.05, 0.1) is 13.7 Å². The number of methoxy groups -OCH3 is 1. The molecular formula is C20H26N2O5. The molecular weight excluding hydrogens is 348 g/mol. The zero-order chi connectivity index (χ0) is 19.4. The predicted molar refractivity (Wildman–Crippen MR) is 98.8 cm³/mol. The molecule has 0 aliphatic carbocycles. The Hall–Kier alpha value is -2.57. The fourth-order valence-corrected chi connectivity index (χ4v) is 3.77. The Morgan fingerprint density at radius 3 is 2.52 bits per heavy atom. The lowest BCUT2D eigenvalue weighted by molar-refractivity contribution is -0.131. The number of ketones is 1. The van der Waals surface area contributed by atoms with Gasteiger partial charge in [-0.15, -0.1) is 0 Å². The van der Waals surface area contributed by atoms with Gasteiger partial charge in [-0.05, 0) is 37.1 Å². The molecule has 146 valence electrons. The summed E-state index contributed by atoms with van der Waals surface area (Å²) in [5, 5.41) is 0. The van der Waals surface area contributed by atoms with Gasteiger partial charge in [-0.2, -0.15) is 0 Å². The van der Waals surface area contributed by atoms with E-state index in [1.54, 1.807) is 48.2 Å². The summed E-state index contributed by atoms with van der Waals surface area (Å²) in [5.74, 6) is 0.620. The van der Waals surface area contributed by atoms with Crippen molar-refractivity contribution >= 4 is 17.8 Å². The van der Waals surface area contributed by atoms with Crippen LogP contribution in [-0.2, 0) is 9.53 Å². The Morgan fingerprint density at radius 2 is 1.89 bits per heavy atom. The van der Waals surface area contributed by atoms with E-state index in [1.165, 1.54) is 0 Å². The largest absolute Gasteiger partial charge is 0.497 e. The predicted octanol–water partition coefficient (Wildman–Crippen LogP) is 2.49. The van der Waals surface area contributed by atoms with Crippen LogP contribution >= 0.6 is 0 Å². The van der Waals surface area contributed by atoms with E-state index in [2.05, 4.69) is 0 Å². The van der Waals surface area contributed by atoms with Crippen LogP contribution in [0.2, 0.25) is 0 Å². The van der Waals surface area contributed by atoms with Crippen molar-refractivity contribution in [2.45, 2.75) is 37.7 Å². The van der Waals surface area contributed by atoms with Crippen LogP contribution in [0.1, 0.15) is 42.5 Å². The molecule has 0 bridgehead atoms. The second-order valence-electron chi connectivity index (χ2n) is 7.29. The number of carbonyl (C=O) groups excluding carboxylic acids is 3. The van der Waals surface area contributed by atoms with Gasteiger partial charge in [0.15, 0.2) is 5.78 Å². The maximum absolute atomic E-state index is 12.6. The first-order chi connectivity index (χ1) is 12.9. The van der Waals surface area contributed by atoms with E-state index in [0.717, 1.165) is 12.8 Å². The number of Topliss-reactive ketones (excluding diaryl/α,β-unsaturated/α-hetero) is 1. The van der Waals surface area contributed by atoms with Crippen molar-refractivity contribution in [2.24, 2.45) is 0 Å². The van der Waals surface area contributed by atoms with Gasteiger partial charge in [0, 0.05) is 45.0 Å². The number of ether oxygens (including phenoxy) is 2. The monoisotopic (exact) mass is 374 g/mol. The lowest BCUT2D eigenvalue weighted by atomic mass is 9.95. The molecule has 1 aromatic rings. The second-order valence-corrected chi connectivity index (χ2v) is 7.29. The minimum absolute atomic E-state index is 0.0217. The summed E-state index contributed by atoms with van der Waals surface area (Å²) in [6, 6.07) is 6.91. The third kappa shape index (κ3) is 4.40. The molecule has 7 nitrogen and oxygen atoms in total. The molecule has 3 rings (SSSR count). The number of likely N-dealkylation sites (tertiary alicyclic amines) is 1. The van der Waals surface area contributed by atoms with Gasteiger partial charge in [0.25, 0.3) is 0 Å². The summed E-state index contributed by atoms with van der Waals surface area (Å²) >= 11 is 0. The van der Waals surface area contributed by atoms with Crippen LogP contribution in [0.15, 0.2) is 24.3 Å². The molecule has 1 unspecified atom stereocenters. The van der Waals surface area contributed by atoms with Crippen LogP contribution in [0.4, 0.5) is 4.79 Å². The van der Waals surface area contributed by atoms with Gasteiger partial charge < -0.3 is 19.3 Å². The van der Waals surface area contributed by atoms with Crippen molar-refractivity contribution in [3.8, 4) is 5.75 Å². The van der Waals surface area contributed by atoms with Gasteiger partial charge in [0.1, 0.15) is 11.4 Å². The first-order valence-electron chi connectivity index (χ1n) is 9.32. The van der Waals surface area contributed by atoms with Crippen molar-refractivity contribution in [2.75, 3.05) is 33.8 Å². The van der Waals surface area contributed by atoms with Gasteiger partial charge in [-0.3, -0.25) is 9.59 Å². The molecule has 0 saturated carbocycles. The van der Waals surface area contributed by atoms with E-state index in [-0.39, 0.29) is 30.6 Å². The van der Waals surface area contributed by atoms with Crippen molar-refractivity contribution < 1.29 is 23.9 Å². The molecule has 0 N–H and O–H groups in total. The van der Waals surface area contributed by atoms with E-state index < -0.39 is 5.60 Å². The smallest absolute Gasteiger partial charge is 0.410 e. The molecule has 2 aliphatic heterocycles. The maximum atomic E-state index is 12.6. The van der Waals surface area contributed by atoms with E-state index in [0.29, 0.717) is 37.4 Å². The fraction of sp³-hybridized carbons (Fsp3) is 0.550. The third-order valence-corrected chi connectivity index (χ3v) is 5.37. The number of carbonyl (C=O) groups is 3. The highest BCUT2D eigenvalue weighted by molar-refractivity contribution is 5.98. The van der Waals surface area contributed by atoms with Crippen LogP contribution in [0.3, 0.4) is 0 Å². The fourth-order valence-electron chi connectivity index (χ4n) is 3.77. The average Bonchev–Trinajstić information content (AvgIpc) is 2.83. The number of likely N-dealkylation sites (N-methyl/N-ethyl adjacent to an activating group) is 1. The summed E-state index contributed by atoms with van der Waals surface area (Å²) in [4.78, 5) is 39.9. The number of benzene rings is 1. The quantitative estimate of drug-likeness (QED) is 0.740. The zero-order valence-electron chi connectivity index (χ0n) is 15.9. The molecule has 27 heavy (non-hydrogen) atoms. The van der Waals surface area contributed by atoms with Crippen molar-refractivity contribution in [3.05, 3.63) is 29.8 Å². The highest BCUT2D eigenvalue weighted by atomic mass is 16.6. The Bertz CT molecular complexity index is 718. The second kappa shape index (κ2) is 7.98. The third-order valence-electron chi connectivity index (χ3n) is 5.37. The Labute approximate surface area is 159 Å². The van der Waals surface area contributed by atoms with E-state index in [9.17, 15) is 14.4 Å². The Balaban J connectivity index is 1.51. The van der Waals surface area contributed by atoms with Gasteiger partial charge in [-0.25, -0.2) is 4.79 Å². The van der Waals surface area contributed by atoms with Gasteiger partial charge in [0.2, 0.25) is 5.91 Å². The van der Waals surface area contributed by atoms with E-state index in [4.69, 9.17) is 9.47 Å². The minimum Gasteiger partial charge on any atom is -0.497 e. The van der Waals surface area contributed by atoms with E-state index in [1.807, 2.05) is 0 Å². The summed E-state index contributed by atoms with van der Waals surface area (Å²) in [6.45, 7) is 1.76. The van der Waals surface area contributed by atoms with Crippen molar-refractivity contribution in [1.29, 1.82) is 0 Å². The summed E-state index contributed by atoms with van der Waals surface area (Å²) in [7, 11) is 3.31. The molecule has 2 saturated heterocycles. The highest BCUT2D eigenvalue weighted by Crippen LogP contribution is 2.32. The van der Waals surface area contributed by atoms with E-state index >= 15 is 0 Å². The van der Waals surface area contributed by atoms with Crippen molar-refractivity contribution in [1.82, 2.24) is 9.80 Å². The standard InChI is InChI=1S/C20H26N2O5/c1-21-14-20(27-19(21)25)10-3-12-22(13-11-20)18(24)9-8-17(23)15-4-6-16(26-2)7-5-15/h4-7H,3,8-14H2,1-2H3. The minimum atomic E-state index is -0.472. The number of hydrogen-bond donors (Lipinski definition) is 0. The topological polar surface area (TPSA) is 76.2 Å². The molecule has 1 atom stereocenters. The SMILES string of the molecule is COc1ccc(C(=O)CCC(=O)N2CCCC3(CC2)CN(C)C(=O)O3)cc1. The Morgan fingerprint density at radius 1 is 1.15 bits per heavy atom. The van der Waals surface area contributed by atoms with Crippen molar-refractivity contribution in [3.63, 3.8) is 0 Å². The normalized spacial score (nSPS) is 22.5. The summed E-state index contributed by atoms with van der Waals surface area (Å²) in [6.07, 6.45) is 2.28. The number of hydrogen-bond acceptors (Lipinski definition) is 5. The lowest BCUT2D eigenvalue weighted by Gasteiger charge is -2.25. The molecule has 1 spiro atoms. The zero-order valence-corrected chi connectivity index (χ0v) is 15.9. The first-order valence-corrected chi connectivity index (χ1v) is 9.32. The molecule has 1 aromatic carbocycles. The summed E-state index contributed by atoms with van der Waals surface area (Å²) < 4.78 is 10.7. The molecule has 2 fully saturated rings. The molecule has 0 radical (unpaired) electrons. The summed E-state index contributed by atoms with van der Waals surface area (Å²) in [5.41, 5.74) is 0.110. The van der Waals surface area contributed by atoms with Gasteiger partial charge in [-0.1, -0.05) is 0 Å². The molecule has 2 heterocycles. The van der Waals surface area contributed by atoms with Crippen LogP contribution < -0.4 is 4.74 Å². The van der Waals surface area contributed by atoms with Crippen LogP contribution in [-0.4, -0.2) is 67.0 Å². The maximum Gasteiger partial charge on any atom is 0.410 e. The lowest BCUT2D eigenvalue weighted by Crippen LogP contribution is -2.36. The number of nitrogens with zero attached hydrogens (tertiary/aromatic N) is 2. The highest BCUT2D eigenvalue weighted by Gasteiger charge is 2.44. The van der Waals surface area contributed by atoms with Gasteiger partial charge >= 0.3 is 6.09 Å². The number of rotatable bonds is 5. The number of amides is 2. The molecule has 2 amide bonds. The first kappa shape index (κ1) is 19.2. The van der Waals surface area contributed by atoms with Crippen LogP contribution in [0, 0.1) is 0 Å². The molecule has 7 heteroatoms. The Kier molecular flexibility index (Phi) is 5.68. The molecule has 0 aromatic heterocycles. The van der Waals surface area contributed by atoms with Crippen LogP contribution in [0.5, 0.6) is 5.75 Å². The van der Waals surface area contributed by atoms with Crippen LogP contribution in [0.25, 0.3) is 0 Å². The molecule has 2 aliphatic rings.